The molecule has 0 bridgehead atoms. The first-order chi connectivity index (χ1) is 11.6. The highest BCUT2D eigenvalue weighted by molar-refractivity contribution is 5.97. The normalized spacial score (nSPS) is 10.8. The number of benzene rings is 2. The second kappa shape index (κ2) is 8.54. The molecule has 0 heterocycles. The molecule has 0 radical (unpaired) electrons. The number of para-hydroxylation sites is 1. The molecule has 0 spiro atoms. The molecule has 0 saturated carbocycles. The summed E-state index contributed by atoms with van der Waals surface area (Å²) in [4.78, 5) is 12.0. The van der Waals surface area contributed by atoms with Crippen molar-refractivity contribution in [2.75, 3.05) is 13.2 Å². The van der Waals surface area contributed by atoms with Gasteiger partial charge in [0, 0.05) is 0 Å². The minimum atomic E-state index is -0.647. The average Bonchev–Trinajstić information content (AvgIpc) is 2.59. The lowest BCUT2D eigenvalue weighted by Crippen LogP contribution is -2.13. The molecule has 0 N–H and O–H groups in total. The van der Waals surface area contributed by atoms with Gasteiger partial charge in [-0.15, -0.1) is 0 Å². The predicted molar refractivity (Wildman–Crippen MR) is 92.4 cm³/mol. The monoisotopic (exact) mass is 321 g/mol. The number of carbonyl (C=O) groups excluding carboxylic acids is 1. The molecule has 24 heavy (non-hydrogen) atoms. The Balaban J connectivity index is 1.87. The van der Waals surface area contributed by atoms with Crippen molar-refractivity contribution in [3.63, 3.8) is 0 Å². The Kier molecular flexibility index (Phi) is 6.16. The zero-order valence-electron chi connectivity index (χ0n) is 13.8. The molecular formula is C20H19NO3. The van der Waals surface area contributed by atoms with Gasteiger partial charge in [-0.25, -0.2) is 4.79 Å². The minimum Gasteiger partial charge on any atom is -0.490 e. The van der Waals surface area contributed by atoms with E-state index in [1.807, 2.05) is 68.4 Å². The molecule has 4 heteroatoms. The number of esters is 1. The molecule has 122 valence electrons. The van der Waals surface area contributed by atoms with E-state index in [0.717, 1.165) is 22.4 Å². The second-order valence-electron chi connectivity index (χ2n) is 5.33. The van der Waals surface area contributed by atoms with Crippen molar-refractivity contribution >= 4 is 12.0 Å². The standard InChI is InChI=1S/C20H19NO3/c1-15-7-9-17(10-8-15)13-18(14-21)20(22)24-12-11-23-19-6-4-3-5-16(19)2/h3-10,13H,11-12H2,1-2H3/b18-13+. The molecular weight excluding hydrogens is 302 g/mol. The van der Waals surface area contributed by atoms with Gasteiger partial charge in [-0.1, -0.05) is 48.0 Å². The van der Waals surface area contributed by atoms with E-state index in [-0.39, 0.29) is 18.8 Å². The highest BCUT2D eigenvalue weighted by Gasteiger charge is 2.10. The van der Waals surface area contributed by atoms with Crippen LogP contribution in [0.1, 0.15) is 16.7 Å². The molecule has 0 unspecified atom stereocenters. The maximum atomic E-state index is 12.0. The van der Waals surface area contributed by atoms with Crippen LogP contribution in [0.2, 0.25) is 0 Å². The first kappa shape index (κ1) is 17.3. The number of rotatable bonds is 6. The van der Waals surface area contributed by atoms with Crippen molar-refractivity contribution in [1.82, 2.24) is 0 Å². The van der Waals surface area contributed by atoms with Crippen molar-refractivity contribution in [2.45, 2.75) is 13.8 Å². The van der Waals surface area contributed by atoms with Gasteiger partial charge < -0.3 is 9.47 Å². The summed E-state index contributed by atoms with van der Waals surface area (Å²) in [6.07, 6.45) is 1.52. The maximum Gasteiger partial charge on any atom is 0.349 e. The lowest BCUT2D eigenvalue weighted by atomic mass is 10.1. The molecule has 0 aliphatic heterocycles. The van der Waals surface area contributed by atoms with Crippen LogP contribution in [0.4, 0.5) is 0 Å². The molecule has 0 saturated heterocycles. The van der Waals surface area contributed by atoms with Gasteiger partial charge in [-0.2, -0.15) is 5.26 Å². The molecule has 0 amide bonds. The Labute approximate surface area is 141 Å². The topological polar surface area (TPSA) is 59.3 Å². The molecule has 0 fully saturated rings. The van der Waals surface area contributed by atoms with E-state index in [2.05, 4.69) is 0 Å². The molecule has 2 rings (SSSR count). The number of aryl methyl sites for hydroxylation is 2. The fourth-order valence-electron chi connectivity index (χ4n) is 2.05. The lowest BCUT2D eigenvalue weighted by molar-refractivity contribution is -0.139. The van der Waals surface area contributed by atoms with Gasteiger partial charge in [0.25, 0.3) is 0 Å². The molecule has 2 aromatic carbocycles. The van der Waals surface area contributed by atoms with Gasteiger partial charge >= 0.3 is 5.97 Å². The second-order valence-corrected chi connectivity index (χ2v) is 5.33. The third-order valence-electron chi connectivity index (χ3n) is 3.40. The van der Waals surface area contributed by atoms with Gasteiger partial charge in [-0.05, 0) is 37.1 Å². The summed E-state index contributed by atoms with van der Waals surface area (Å²) in [6, 6.07) is 17.0. The van der Waals surface area contributed by atoms with Crippen LogP contribution in [-0.2, 0) is 9.53 Å². The van der Waals surface area contributed by atoms with E-state index in [1.54, 1.807) is 0 Å². The summed E-state index contributed by atoms with van der Waals surface area (Å²) in [6.45, 7) is 4.24. The van der Waals surface area contributed by atoms with E-state index in [4.69, 9.17) is 14.7 Å². The molecule has 4 nitrogen and oxygen atoms in total. The highest BCUT2D eigenvalue weighted by atomic mass is 16.6. The van der Waals surface area contributed by atoms with E-state index >= 15 is 0 Å². The summed E-state index contributed by atoms with van der Waals surface area (Å²) in [5, 5.41) is 9.13. The summed E-state index contributed by atoms with van der Waals surface area (Å²) in [7, 11) is 0. The van der Waals surface area contributed by atoms with Crippen LogP contribution >= 0.6 is 0 Å². The van der Waals surface area contributed by atoms with Crippen molar-refractivity contribution in [1.29, 1.82) is 5.26 Å². The van der Waals surface area contributed by atoms with Crippen LogP contribution in [0.15, 0.2) is 54.1 Å². The van der Waals surface area contributed by atoms with Crippen molar-refractivity contribution < 1.29 is 14.3 Å². The van der Waals surface area contributed by atoms with E-state index in [0.29, 0.717) is 0 Å². The summed E-state index contributed by atoms with van der Waals surface area (Å²) < 4.78 is 10.7. The van der Waals surface area contributed by atoms with Crippen LogP contribution in [0, 0.1) is 25.2 Å². The van der Waals surface area contributed by atoms with Crippen LogP contribution in [-0.4, -0.2) is 19.2 Å². The Bertz CT molecular complexity index is 770. The van der Waals surface area contributed by atoms with Crippen molar-refractivity contribution in [2.24, 2.45) is 0 Å². The first-order valence-corrected chi connectivity index (χ1v) is 7.64. The van der Waals surface area contributed by atoms with Crippen LogP contribution in [0.5, 0.6) is 5.75 Å². The van der Waals surface area contributed by atoms with Crippen molar-refractivity contribution in [3.8, 4) is 11.8 Å². The number of hydrogen-bond donors (Lipinski definition) is 0. The Morgan fingerprint density at radius 3 is 2.46 bits per heavy atom. The largest absolute Gasteiger partial charge is 0.490 e. The SMILES string of the molecule is Cc1ccc(/C=C(\C#N)C(=O)OCCOc2ccccc2C)cc1. The third-order valence-corrected chi connectivity index (χ3v) is 3.40. The third kappa shape index (κ3) is 4.99. The van der Waals surface area contributed by atoms with Crippen LogP contribution in [0.25, 0.3) is 6.08 Å². The first-order valence-electron chi connectivity index (χ1n) is 7.64. The fourth-order valence-corrected chi connectivity index (χ4v) is 2.05. The smallest absolute Gasteiger partial charge is 0.349 e. The zero-order chi connectivity index (χ0) is 17.4. The number of ether oxygens (including phenoxy) is 2. The van der Waals surface area contributed by atoms with Gasteiger partial charge in [0.15, 0.2) is 0 Å². The van der Waals surface area contributed by atoms with Gasteiger partial charge in [0.2, 0.25) is 0 Å². The van der Waals surface area contributed by atoms with Gasteiger partial charge in [0.1, 0.15) is 30.6 Å². The average molecular weight is 321 g/mol. The number of nitriles is 1. The lowest BCUT2D eigenvalue weighted by Gasteiger charge is -2.09. The number of hydrogen-bond acceptors (Lipinski definition) is 4. The fraction of sp³-hybridized carbons (Fsp3) is 0.200. The summed E-state index contributed by atoms with van der Waals surface area (Å²) >= 11 is 0. The maximum absolute atomic E-state index is 12.0. The Hall–Kier alpha value is -3.06. The van der Waals surface area contributed by atoms with Crippen LogP contribution in [0.3, 0.4) is 0 Å². The molecule has 0 aliphatic rings. The van der Waals surface area contributed by atoms with E-state index < -0.39 is 5.97 Å². The van der Waals surface area contributed by atoms with E-state index in [1.165, 1.54) is 6.08 Å². The zero-order valence-corrected chi connectivity index (χ0v) is 13.8. The minimum absolute atomic E-state index is 0.0326. The molecule has 0 aromatic heterocycles. The molecule has 0 aliphatic carbocycles. The van der Waals surface area contributed by atoms with Gasteiger partial charge in [0.05, 0.1) is 0 Å². The highest BCUT2D eigenvalue weighted by Crippen LogP contribution is 2.16. The molecule has 2 aromatic rings. The quantitative estimate of drug-likeness (QED) is 0.351. The van der Waals surface area contributed by atoms with Crippen LogP contribution < -0.4 is 4.74 Å². The van der Waals surface area contributed by atoms with Gasteiger partial charge in [-0.3, -0.25) is 0 Å². The Morgan fingerprint density at radius 1 is 1.08 bits per heavy atom. The number of carbonyl (C=O) groups is 1. The number of nitrogens with zero attached hydrogens (tertiary/aromatic N) is 1. The van der Waals surface area contributed by atoms with E-state index in [9.17, 15) is 4.79 Å². The predicted octanol–water partition coefficient (Wildman–Crippen LogP) is 3.83. The molecule has 0 atom stereocenters. The summed E-state index contributed by atoms with van der Waals surface area (Å²) in [5.41, 5.74) is 2.88. The summed E-state index contributed by atoms with van der Waals surface area (Å²) in [5.74, 6) is 0.107. The Morgan fingerprint density at radius 2 is 1.79 bits per heavy atom. The van der Waals surface area contributed by atoms with Crippen molar-refractivity contribution in [3.05, 3.63) is 70.8 Å².